The van der Waals surface area contributed by atoms with Crippen molar-refractivity contribution in [1.82, 2.24) is 0 Å². The van der Waals surface area contributed by atoms with Crippen molar-refractivity contribution in [3.05, 3.63) is 48.0 Å². The topological polar surface area (TPSA) is 73.2 Å². The van der Waals surface area contributed by atoms with Crippen LogP contribution >= 0.6 is 0 Å². The molecule has 0 radical (unpaired) electrons. The summed E-state index contributed by atoms with van der Waals surface area (Å²) < 4.78 is 18.6. The first-order valence-electron chi connectivity index (χ1n) is 8.39. The molecule has 3 rings (SSSR count). The van der Waals surface area contributed by atoms with Gasteiger partial charge in [-0.3, -0.25) is 4.79 Å². The number of ether oxygens (including phenoxy) is 1. The molecular weight excluding hydrogens is 339 g/mol. The van der Waals surface area contributed by atoms with E-state index in [9.17, 15) is 19.4 Å². The number of aromatic hydroxyl groups is 2. The van der Waals surface area contributed by atoms with Crippen LogP contribution in [0, 0.1) is 0 Å². The van der Waals surface area contributed by atoms with E-state index in [1.54, 1.807) is 18.2 Å². The number of alkyl halides is 1. The molecule has 1 aliphatic heterocycles. The molecule has 7 heteroatoms. The number of amides is 1. The molecular formula is C19H21FN2O4. The number of benzene rings is 2. The zero-order valence-electron chi connectivity index (χ0n) is 14.3. The number of hydrogen-bond donors (Lipinski definition) is 2. The Labute approximate surface area is 151 Å². The second kappa shape index (κ2) is 8.05. The number of nitrogens with zero attached hydrogens (tertiary/aromatic N) is 2. The number of anilines is 2. The third-order valence-electron chi connectivity index (χ3n) is 4.32. The summed E-state index contributed by atoms with van der Waals surface area (Å²) in [6.07, 6.45) is 0. The molecule has 0 saturated carbocycles. The SMILES string of the molecule is O=C(CF)N(Cc1ccc(O)c(O)c1)c1ccccc1N1CCOCC1. The molecule has 2 aromatic rings. The predicted octanol–water partition coefficient (Wildman–Crippen LogP) is 2.44. The van der Waals surface area contributed by atoms with Gasteiger partial charge >= 0.3 is 0 Å². The summed E-state index contributed by atoms with van der Waals surface area (Å²) >= 11 is 0. The summed E-state index contributed by atoms with van der Waals surface area (Å²) in [6.45, 7) is 1.53. The van der Waals surface area contributed by atoms with E-state index in [-0.39, 0.29) is 18.0 Å². The van der Waals surface area contributed by atoms with Crippen LogP contribution in [-0.2, 0) is 16.1 Å². The van der Waals surface area contributed by atoms with Crippen molar-refractivity contribution in [1.29, 1.82) is 0 Å². The Morgan fingerprint density at radius 1 is 1.12 bits per heavy atom. The van der Waals surface area contributed by atoms with E-state index in [4.69, 9.17) is 4.74 Å². The van der Waals surface area contributed by atoms with Crippen molar-refractivity contribution in [3.8, 4) is 11.5 Å². The second-order valence-electron chi connectivity index (χ2n) is 6.02. The predicted molar refractivity (Wildman–Crippen MR) is 96.4 cm³/mol. The van der Waals surface area contributed by atoms with Crippen molar-refractivity contribution in [2.24, 2.45) is 0 Å². The lowest BCUT2D eigenvalue weighted by atomic mass is 10.1. The van der Waals surface area contributed by atoms with Crippen molar-refractivity contribution in [2.75, 3.05) is 42.8 Å². The van der Waals surface area contributed by atoms with Crippen molar-refractivity contribution >= 4 is 17.3 Å². The van der Waals surface area contributed by atoms with E-state index in [2.05, 4.69) is 4.90 Å². The van der Waals surface area contributed by atoms with Gasteiger partial charge in [0.15, 0.2) is 18.2 Å². The van der Waals surface area contributed by atoms with Gasteiger partial charge in [0, 0.05) is 13.1 Å². The van der Waals surface area contributed by atoms with Gasteiger partial charge in [0.25, 0.3) is 5.91 Å². The number of carbonyl (C=O) groups is 1. The normalized spacial score (nSPS) is 14.3. The van der Waals surface area contributed by atoms with Crippen LogP contribution in [0.3, 0.4) is 0 Å². The van der Waals surface area contributed by atoms with Gasteiger partial charge < -0.3 is 24.7 Å². The molecule has 0 aromatic heterocycles. The first-order chi connectivity index (χ1) is 12.6. The van der Waals surface area contributed by atoms with Crippen LogP contribution in [0.5, 0.6) is 11.5 Å². The van der Waals surface area contributed by atoms with Crippen LogP contribution in [0.15, 0.2) is 42.5 Å². The Hall–Kier alpha value is -2.80. The summed E-state index contributed by atoms with van der Waals surface area (Å²) in [6, 6.07) is 11.6. The molecule has 1 fully saturated rings. The van der Waals surface area contributed by atoms with Crippen LogP contribution in [0.1, 0.15) is 5.56 Å². The molecule has 1 saturated heterocycles. The van der Waals surface area contributed by atoms with Gasteiger partial charge in [-0.15, -0.1) is 0 Å². The van der Waals surface area contributed by atoms with Gasteiger partial charge in [0.05, 0.1) is 31.1 Å². The molecule has 138 valence electrons. The molecule has 1 amide bonds. The largest absolute Gasteiger partial charge is 0.504 e. The van der Waals surface area contributed by atoms with Crippen LogP contribution in [0.2, 0.25) is 0 Å². The number of morpholine rings is 1. The third kappa shape index (κ3) is 3.88. The highest BCUT2D eigenvalue weighted by molar-refractivity contribution is 5.97. The quantitative estimate of drug-likeness (QED) is 0.802. The molecule has 26 heavy (non-hydrogen) atoms. The summed E-state index contributed by atoms with van der Waals surface area (Å²) in [4.78, 5) is 15.8. The number of phenolic OH excluding ortho intramolecular Hbond substituents is 2. The number of phenols is 2. The Kier molecular flexibility index (Phi) is 5.58. The first kappa shape index (κ1) is 18.0. The van der Waals surface area contributed by atoms with E-state index < -0.39 is 12.6 Å². The molecule has 1 aliphatic rings. The number of hydrogen-bond acceptors (Lipinski definition) is 5. The molecule has 0 bridgehead atoms. The molecule has 0 atom stereocenters. The van der Waals surface area contributed by atoms with Gasteiger partial charge in [0.2, 0.25) is 0 Å². The summed E-state index contributed by atoms with van der Waals surface area (Å²) in [5.41, 5.74) is 2.02. The number of halogens is 1. The fourth-order valence-electron chi connectivity index (χ4n) is 2.99. The maximum absolute atomic E-state index is 13.2. The maximum Gasteiger partial charge on any atom is 0.258 e. The maximum atomic E-state index is 13.2. The Balaban J connectivity index is 1.95. The highest BCUT2D eigenvalue weighted by Gasteiger charge is 2.23. The van der Waals surface area contributed by atoms with E-state index >= 15 is 0 Å². The minimum atomic E-state index is -1.12. The number of rotatable bonds is 5. The number of para-hydroxylation sites is 2. The van der Waals surface area contributed by atoms with E-state index in [0.29, 0.717) is 37.6 Å². The number of carbonyl (C=O) groups excluding carboxylic acids is 1. The highest BCUT2D eigenvalue weighted by atomic mass is 19.1. The van der Waals surface area contributed by atoms with Gasteiger partial charge in [0.1, 0.15) is 0 Å². The Morgan fingerprint density at radius 3 is 2.54 bits per heavy atom. The molecule has 0 spiro atoms. The van der Waals surface area contributed by atoms with Crippen molar-refractivity contribution < 1.29 is 24.1 Å². The zero-order valence-corrected chi connectivity index (χ0v) is 14.3. The smallest absolute Gasteiger partial charge is 0.258 e. The third-order valence-corrected chi connectivity index (χ3v) is 4.32. The molecule has 0 aliphatic carbocycles. The van der Waals surface area contributed by atoms with Crippen molar-refractivity contribution in [3.63, 3.8) is 0 Å². The van der Waals surface area contributed by atoms with E-state index in [1.807, 2.05) is 12.1 Å². The summed E-state index contributed by atoms with van der Waals surface area (Å²) in [5.74, 6) is -1.19. The van der Waals surface area contributed by atoms with Gasteiger partial charge in [-0.2, -0.15) is 0 Å². The standard InChI is InChI=1S/C19H21FN2O4/c20-12-19(25)22(13-14-5-6-17(23)18(24)11-14)16-4-2-1-3-15(16)21-7-9-26-10-8-21/h1-6,11,23-24H,7-10,12-13H2. The minimum absolute atomic E-state index is 0.0813. The van der Waals surface area contributed by atoms with Crippen LogP contribution in [0.25, 0.3) is 0 Å². The average molecular weight is 360 g/mol. The van der Waals surface area contributed by atoms with Gasteiger partial charge in [-0.25, -0.2) is 4.39 Å². The summed E-state index contributed by atoms with van der Waals surface area (Å²) in [5, 5.41) is 19.1. The molecule has 0 unspecified atom stereocenters. The lowest BCUT2D eigenvalue weighted by Crippen LogP contribution is -2.39. The second-order valence-corrected chi connectivity index (χ2v) is 6.02. The Morgan fingerprint density at radius 2 is 1.85 bits per heavy atom. The van der Waals surface area contributed by atoms with Gasteiger partial charge in [-0.1, -0.05) is 18.2 Å². The van der Waals surface area contributed by atoms with Crippen LogP contribution in [0.4, 0.5) is 15.8 Å². The van der Waals surface area contributed by atoms with Crippen LogP contribution in [-0.4, -0.2) is 49.1 Å². The molecule has 2 N–H and O–H groups in total. The first-order valence-corrected chi connectivity index (χ1v) is 8.39. The summed E-state index contributed by atoms with van der Waals surface area (Å²) in [7, 11) is 0. The zero-order chi connectivity index (χ0) is 18.5. The average Bonchev–Trinajstić information content (AvgIpc) is 2.69. The molecule has 1 heterocycles. The van der Waals surface area contributed by atoms with Crippen LogP contribution < -0.4 is 9.80 Å². The highest BCUT2D eigenvalue weighted by Crippen LogP contribution is 2.32. The fraction of sp³-hybridized carbons (Fsp3) is 0.316. The molecule has 2 aromatic carbocycles. The fourth-order valence-corrected chi connectivity index (χ4v) is 2.99. The molecule has 6 nitrogen and oxygen atoms in total. The van der Waals surface area contributed by atoms with E-state index in [0.717, 1.165) is 5.69 Å². The van der Waals surface area contributed by atoms with Crippen molar-refractivity contribution in [2.45, 2.75) is 6.54 Å². The lowest BCUT2D eigenvalue weighted by molar-refractivity contribution is -0.119. The van der Waals surface area contributed by atoms with Gasteiger partial charge in [-0.05, 0) is 29.8 Å². The van der Waals surface area contributed by atoms with E-state index in [1.165, 1.54) is 17.0 Å². The Bertz CT molecular complexity index is 778. The lowest BCUT2D eigenvalue weighted by Gasteiger charge is -2.33. The minimum Gasteiger partial charge on any atom is -0.504 e. The monoisotopic (exact) mass is 360 g/mol.